The van der Waals surface area contributed by atoms with Crippen LogP contribution in [0.2, 0.25) is 9.36 Å². The molecule has 0 atom stereocenters. The summed E-state index contributed by atoms with van der Waals surface area (Å²) in [5.74, 6) is 0. The number of rotatable bonds is 3. The van der Waals surface area contributed by atoms with Crippen molar-refractivity contribution < 1.29 is 8.42 Å². The first kappa shape index (κ1) is 16.0. The van der Waals surface area contributed by atoms with E-state index in [4.69, 9.17) is 23.2 Å². The Hall–Kier alpha value is -0.860. The van der Waals surface area contributed by atoms with Crippen LogP contribution in [-0.2, 0) is 16.6 Å². The smallest absolute Gasteiger partial charge is 0.294 e. The lowest BCUT2D eigenvalue weighted by Crippen LogP contribution is -2.15. The minimum Gasteiger partial charge on any atom is -0.316 e. The molecular formula is C13H10Cl2N2O2S3. The Morgan fingerprint density at radius 2 is 1.95 bits per heavy atom. The van der Waals surface area contributed by atoms with E-state index in [9.17, 15) is 8.42 Å². The van der Waals surface area contributed by atoms with E-state index in [0.29, 0.717) is 20.7 Å². The number of fused-ring (bicyclic) bond motifs is 1. The number of thiophene rings is 1. The molecule has 4 nitrogen and oxygen atoms in total. The van der Waals surface area contributed by atoms with Gasteiger partial charge in [0.05, 0.1) is 14.6 Å². The quantitative estimate of drug-likeness (QED) is 0.663. The van der Waals surface area contributed by atoms with E-state index in [0.717, 1.165) is 21.6 Å². The molecule has 116 valence electrons. The van der Waals surface area contributed by atoms with E-state index in [2.05, 4.69) is 4.40 Å². The van der Waals surface area contributed by atoms with Gasteiger partial charge in [0.25, 0.3) is 10.0 Å². The van der Waals surface area contributed by atoms with Crippen molar-refractivity contribution in [3.8, 4) is 0 Å². The highest BCUT2D eigenvalue weighted by Crippen LogP contribution is 2.27. The van der Waals surface area contributed by atoms with E-state index in [1.165, 1.54) is 17.4 Å². The summed E-state index contributed by atoms with van der Waals surface area (Å²) in [6, 6.07) is 8.46. The van der Waals surface area contributed by atoms with Crippen LogP contribution in [0.4, 0.5) is 0 Å². The first-order chi connectivity index (χ1) is 10.4. The standard InChI is InChI=1S/C13H10Cl2N2O2S3/c1-2-17-9-4-3-8(14)7-10(9)20-13(17)16-22(18,19)12-6-5-11(15)21-12/h3-7H,2H2,1H3/b16-13-. The van der Waals surface area contributed by atoms with E-state index in [-0.39, 0.29) is 4.21 Å². The van der Waals surface area contributed by atoms with Crippen molar-refractivity contribution in [2.75, 3.05) is 0 Å². The van der Waals surface area contributed by atoms with Gasteiger partial charge >= 0.3 is 0 Å². The second-order valence-electron chi connectivity index (χ2n) is 4.37. The molecule has 0 N–H and O–H groups in total. The normalized spacial score (nSPS) is 13.1. The van der Waals surface area contributed by atoms with Gasteiger partial charge in [0, 0.05) is 11.6 Å². The van der Waals surface area contributed by atoms with Gasteiger partial charge in [0.15, 0.2) is 0 Å². The summed E-state index contributed by atoms with van der Waals surface area (Å²) >= 11 is 14.1. The number of sulfonamides is 1. The number of hydrogen-bond acceptors (Lipinski definition) is 4. The van der Waals surface area contributed by atoms with Crippen LogP contribution in [0.15, 0.2) is 38.9 Å². The predicted molar refractivity (Wildman–Crippen MR) is 92.6 cm³/mol. The summed E-state index contributed by atoms with van der Waals surface area (Å²) in [6.07, 6.45) is 0. The van der Waals surface area contributed by atoms with Gasteiger partial charge in [0.2, 0.25) is 4.80 Å². The highest BCUT2D eigenvalue weighted by atomic mass is 35.5. The molecule has 22 heavy (non-hydrogen) atoms. The Kier molecular flexibility index (Phi) is 4.35. The summed E-state index contributed by atoms with van der Waals surface area (Å²) in [7, 11) is -3.77. The average Bonchev–Trinajstić information content (AvgIpc) is 3.01. The summed E-state index contributed by atoms with van der Waals surface area (Å²) in [5, 5.41) is 0.608. The van der Waals surface area contributed by atoms with Crippen molar-refractivity contribution >= 4 is 66.1 Å². The molecule has 9 heteroatoms. The van der Waals surface area contributed by atoms with E-state index in [1.54, 1.807) is 18.2 Å². The molecule has 0 fully saturated rings. The highest BCUT2D eigenvalue weighted by molar-refractivity contribution is 7.92. The number of hydrogen-bond donors (Lipinski definition) is 0. The molecule has 0 spiro atoms. The summed E-state index contributed by atoms with van der Waals surface area (Å²) < 4.78 is 32.0. The number of aromatic nitrogens is 1. The van der Waals surface area contributed by atoms with Gasteiger partial charge < -0.3 is 4.57 Å². The van der Waals surface area contributed by atoms with Gasteiger partial charge in [0.1, 0.15) is 4.21 Å². The summed E-state index contributed by atoms with van der Waals surface area (Å²) in [6.45, 7) is 2.55. The fraction of sp³-hybridized carbons (Fsp3) is 0.154. The van der Waals surface area contributed by atoms with Gasteiger partial charge in [-0.25, -0.2) is 0 Å². The van der Waals surface area contributed by atoms with E-state index >= 15 is 0 Å². The van der Waals surface area contributed by atoms with Gasteiger partial charge in [-0.15, -0.1) is 15.7 Å². The summed E-state index contributed by atoms with van der Waals surface area (Å²) in [5.41, 5.74) is 0.912. The van der Waals surface area contributed by atoms with Crippen LogP contribution in [0.1, 0.15) is 6.92 Å². The molecule has 3 aromatic rings. The Bertz CT molecular complexity index is 1020. The van der Waals surface area contributed by atoms with Crippen LogP contribution in [0.5, 0.6) is 0 Å². The van der Waals surface area contributed by atoms with Crippen molar-refractivity contribution in [1.29, 1.82) is 0 Å². The third-order valence-corrected chi connectivity index (χ3v) is 7.32. The molecule has 0 bridgehead atoms. The van der Waals surface area contributed by atoms with E-state index in [1.807, 2.05) is 17.6 Å². The topological polar surface area (TPSA) is 51.4 Å². The largest absolute Gasteiger partial charge is 0.316 e. The van der Waals surface area contributed by atoms with Crippen LogP contribution in [-0.4, -0.2) is 13.0 Å². The molecule has 2 heterocycles. The van der Waals surface area contributed by atoms with Crippen molar-refractivity contribution in [3.05, 3.63) is 44.5 Å². The Morgan fingerprint density at radius 1 is 1.18 bits per heavy atom. The molecule has 0 amide bonds. The maximum absolute atomic E-state index is 12.4. The lowest BCUT2D eigenvalue weighted by Gasteiger charge is -2.00. The molecule has 3 rings (SSSR count). The molecule has 0 aliphatic heterocycles. The van der Waals surface area contributed by atoms with Gasteiger partial charge in [-0.3, -0.25) is 0 Å². The number of thiazole rings is 1. The highest BCUT2D eigenvalue weighted by Gasteiger charge is 2.17. The van der Waals surface area contributed by atoms with Gasteiger partial charge in [-0.2, -0.15) is 8.42 Å². The minimum atomic E-state index is -3.77. The van der Waals surface area contributed by atoms with Gasteiger partial charge in [-0.05, 0) is 37.3 Å². The first-order valence-corrected chi connectivity index (χ1v) is 10.1. The molecule has 0 radical (unpaired) electrons. The maximum atomic E-state index is 12.4. The maximum Gasteiger partial charge on any atom is 0.294 e. The third kappa shape index (κ3) is 2.96. The predicted octanol–water partition coefficient (Wildman–Crippen LogP) is 4.38. The monoisotopic (exact) mass is 392 g/mol. The number of halogens is 2. The number of aryl methyl sites for hydroxylation is 1. The molecule has 2 aromatic heterocycles. The molecule has 0 aliphatic carbocycles. The minimum absolute atomic E-state index is 0.135. The summed E-state index contributed by atoms with van der Waals surface area (Å²) in [4.78, 5) is 0.421. The molecular weight excluding hydrogens is 383 g/mol. The fourth-order valence-corrected chi connectivity index (χ4v) is 6.04. The van der Waals surface area contributed by atoms with Crippen LogP contribution in [0, 0.1) is 0 Å². The zero-order valence-electron chi connectivity index (χ0n) is 11.3. The Balaban J connectivity index is 2.25. The Morgan fingerprint density at radius 3 is 2.59 bits per heavy atom. The van der Waals surface area contributed by atoms with E-state index < -0.39 is 10.0 Å². The van der Waals surface area contributed by atoms with Crippen LogP contribution in [0.3, 0.4) is 0 Å². The van der Waals surface area contributed by atoms with Gasteiger partial charge in [-0.1, -0.05) is 34.5 Å². The van der Waals surface area contributed by atoms with Crippen molar-refractivity contribution in [2.45, 2.75) is 17.7 Å². The average molecular weight is 393 g/mol. The van der Waals surface area contributed by atoms with Crippen LogP contribution >= 0.6 is 45.9 Å². The van der Waals surface area contributed by atoms with Crippen molar-refractivity contribution in [3.63, 3.8) is 0 Å². The second kappa shape index (κ2) is 5.98. The first-order valence-electron chi connectivity index (χ1n) is 6.26. The molecule has 0 aliphatic rings. The fourth-order valence-electron chi connectivity index (χ4n) is 2.01. The SMILES string of the molecule is CCn1/c(=N/S(=O)(=O)c2ccc(Cl)s2)sc2cc(Cl)ccc21. The van der Waals surface area contributed by atoms with Crippen LogP contribution < -0.4 is 4.80 Å². The Labute approximate surface area is 145 Å². The number of benzene rings is 1. The molecule has 0 saturated heterocycles. The zero-order chi connectivity index (χ0) is 15.9. The number of nitrogens with zero attached hydrogens (tertiary/aromatic N) is 2. The second-order valence-corrected chi connectivity index (χ2v) is 9.36. The zero-order valence-corrected chi connectivity index (χ0v) is 15.2. The van der Waals surface area contributed by atoms with Crippen molar-refractivity contribution in [1.82, 2.24) is 4.57 Å². The third-order valence-electron chi connectivity index (χ3n) is 2.96. The molecule has 0 saturated carbocycles. The molecule has 1 aromatic carbocycles. The lowest BCUT2D eigenvalue weighted by atomic mass is 10.3. The lowest BCUT2D eigenvalue weighted by molar-refractivity contribution is 0.597. The van der Waals surface area contributed by atoms with Crippen LogP contribution in [0.25, 0.3) is 10.2 Å². The molecule has 0 unspecified atom stereocenters. The van der Waals surface area contributed by atoms with Crippen molar-refractivity contribution in [2.24, 2.45) is 4.40 Å².